The van der Waals surface area contributed by atoms with Crippen molar-refractivity contribution in [2.75, 3.05) is 7.05 Å². The molecule has 1 aromatic carbocycles. The maximum atomic E-state index is 12.3. The lowest BCUT2D eigenvalue weighted by molar-refractivity contribution is 0.0783. The molecule has 4 nitrogen and oxygen atoms in total. The smallest absolute Gasteiger partial charge is 0.257 e. The highest BCUT2D eigenvalue weighted by Gasteiger charge is 2.17. The van der Waals surface area contributed by atoms with E-state index in [1.54, 1.807) is 48.5 Å². The molecule has 0 aliphatic heterocycles. The van der Waals surface area contributed by atoms with Crippen LogP contribution in [-0.4, -0.2) is 23.0 Å². The normalized spacial score (nSPS) is 10.4. The first-order chi connectivity index (χ1) is 9.11. The number of aromatic hydroxyl groups is 1. The molecule has 0 saturated heterocycles. The van der Waals surface area contributed by atoms with E-state index in [2.05, 4.69) is 0 Å². The van der Waals surface area contributed by atoms with Gasteiger partial charge < -0.3 is 14.4 Å². The first-order valence-electron chi connectivity index (χ1n) is 6.21. The molecule has 4 heteroatoms. The molecule has 2 aromatic rings. The van der Waals surface area contributed by atoms with E-state index in [1.807, 2.05) is 6.92 Å². The highest BCUT2D eigenvalue weighted by molar-refractivity contribution is 5.94. The summed E-state index contributed by atoms with van der Waals surface area (Å²) in [6.07, 6.45) is 2.24. The summed E-state index contributed by atoms with van der Waals surface area (Å²) in [4.78, 5) is 13.9. The van der Waals surface area contributed by atoms with Gasteiger partial charge in [-0.3, -0.25) is 4.79 Å². The minimum Gasteiger partial charge on any atom is -0.508 e. The van der Waals surface area contributed by atoms with Crippen molar-refractivity contribution in [3.63, 3.8) is 0 Å². The molecule has 1 amide bonds. The molecule has 0 spiro atoms. The third kappa shape index (κ3) is 2.96. The Morgan fingerprint density at radius 1 is 1.26 bits per heavy atom. The van der Waals surface area contributed by atoms with Crippen LogP contribution < -0.4 is 0 Å². The number of hydrogen-bond acceptors (Lipinski definition) is 3. The van der Waals surface area contributed by atoms with Gasteiger partial charge in [-0.1, -0.05) is 19.1 Å². The summed E-state index contributed by atoms with van der Waals surface area (Å²) in [5.41, 5.74) is 1.58. The fraction of sp³-hybridized carbons (Fsp3) is 0.267. The van der Waals surface area contributed by atoms with Crippen LogP contribution in [0.4, 0.5) is 0 Å². The third-order valence-corrected chi connectivity index (χ3v) is 3.00. The molecule has 1 N–H and O–H groups in total. The summed E-state index contributed by atoms with van der Waals surface area (Å²) in [6, 6.07) is 8.53. The number of carbonyl (C=O) groups is 1. The second kappa shape index (κ2) is 5.61. The number of carbonyl (C=O) groups excluding carboxylic acids is 1. The quantitative estimate of drug-likeness (QED) is 0.918. The Morgan fingerprint density at radius 2 is 1.95 bits per heavy atom. The second-order valence-electron chi connectivity index (χ2n) is 4.44. The monoisotopic (exact) mass is 259 g/mol. The minimum atomic E-state index is -0.0568. The number of phenols is 1. The van der Waals surface area contributed by atoms with Crippen LogP contribution in [0.2, 0.25) is 0 Å². The molecule has 0 saturated carbocycles. The van der Waals surface area contributed by atoms with Gasteiger partial charge in [-0.2, -0.15) is 0 Å². The fourth-order valence-corrected chi connectivity index (χ4v) is 1.96. The number of phenolic OH excluding ortho intramolecular Hbond substituents is 1. The third-order valence-electron chi connectivity index (χ3n) is 3.00. The summed E-state index contributed by atoms with van der Waals surface area (Å²) in [5, 5.41) is 9.23. The first kappa shape index (κ1) is 13.2. The highest BCUT2D eigenvalue weighted by Crippen LogP contribution is 2.16. The van der Waals surface area contributed by atoms with Gasteiger partial charge in [0.15, 0.2) is 0 Å². The van der Waals surface area contributed by atoms with Gasteiger partial charge in [-0.15, -0.1) is 0 Å². The van der Waals surface area contributed by atoms with E-state index in [-0.39, 0.29) is 11.7 Å². The van der Waals surface area contributed by atoms with Gasteiger partial charge in [-0.25, -0.2) is 0 Å². The minimum absolute atomic E-state index is 0.0568. The number of rotatable bonds is 4. The fourth-order valence-electron chi connectivity index (χ4n) is 1.96. The van der Waals surface area contributed by atoms with Crippen LogP contribution in [0.15, 0.2) is 41.0 Å². The van der Waals surface area contributed by atoms with Crippen molar-refractivity contribution >= 4 is 5.91 Å². The van der Waals surface area contributed by atoms with Crippen LogP contribution in [-0.2, 0) is 13.0 Å². The Hall–Kier alpha value is -2.23. The first-order valence-corrected chi connectivity index (χ1v) is 6.21. The van der Waals surface area contributed by atoms with Crippen LogP contribution >= 0.6 is 0 Å². The van der Waals surface area contributed by atoms with Gasteiger partial charge in [0.2, 0.25) is 0 Å². The maximum absolute atomic E-state index is 12.3. The molecule has 0 bridgehead atoms. The SMILES string of the molecule is CCc1occc1C(=O)N(C)Cc1ccc(O)cc1. The summed E-state index contributed by atoms with van der Waals surface area (Å²) >= 11 is 0. The molecule has 0 aliphatic rings. The van der Waals surface area contributed by atoms with Crippen molar-refractivity contribution in [2.24, 2.45) is 0 Å². The van der Waals surface area contributed by atoms with Crippen molar-refractivity contribution in [3.05, 3.63) is 53.5 Å². The lowest BCUT2D eigenvalue weighted by atomic mass is 10.1. The van der Waals surface area contributed by atoms with Crippen molar-refractivity contribution in [1.29, 1.82) is 0 Å². The van der Waals surface area contributed by atoms with Gasteiger partial charge >= 0.3 is 0 Å². The predicted molar refractivity (Wildman–Crippen MR) is 72.0 cm³/mol. The summed E-state index contributed by atoms with van der Waals surface area (Å²) < 4.78 is 5.27. The van der Waals surface area contributed by atoms with Crippen molar-refractivity contribution in [2.45, 2.75) is 19.9 Å². The number of amides is 1. The van der Waals surface area contributed by atoms with Gasteiger partial charge in [-0.05, 0) is 23.8 Å². The Kier molecular flexibility index (Phi) is 3.90. The van der Waals surface area contributed by atoms with Crippen LogP contribution in [0.5, 0.6) is 5.75 Å². The van der Waals surface area contributed by atoms with E-state index >= 15 is 0 Å². The molecule has 0 aliphatic carbocycles. The number of benzene rings is 1. The van der Waals surface area contributed by atoms with Crippen molar-refractivity contribution in [1.82, 2.24) is 4.90 Å². The predicted octanol–water partition coefficient (Wildman–Crippen LogP) is 2.82. The Balaban J connectivity index is 2.09. The molecular weight excluding hydrogens is 242 g/mol. The number of hydrogen-bond donors (Lipinski definition) is 1. The maximum Gasteiger partial charge on any atom is 0.257 e. The average Bonchev–Trinajstić information content (AvgIpc) is 2.88. The molecule has 0 radical (unpaired) electrons. The zero-order valence-electron chi connectivity index (χ0n) is 11.1. The van der Waals surface area contributed by atoms with Crippen LogP contribution in [0.25, 0.3) is 0 Å². The van der Waals surface area contributed by atoms with Gasteiger partial charge in [0.25, 0.3) is 5.91 Å². The zero-order valence-corrected chi connectivity index (χ0v) is 11.1. The molecule has 1 aromatic heterocycles. The topological polar surface area (TPSA) is 53.7 Å². The average molecular weight is 259 g/mol. The van der Waals surface area contributed by atoms with Crippen LogP contribution in [0.1, 0.15) is 28.6 Å². The standard InChI is InChI=1S/C15H17NO3/c1-3-14-13(8-9-19-14)15(18)16(2)10-11-4-6-12(17)7-5-11/h4-9,17H,3,10H2,1-2H3. The Morgan fingerprint density at radius 3 is 2.58 bits per heavy atom. The highest BCUT2D eigenvalue weighted by atomic mass is 16.3. The van der Waals surface area contributed by atoms with E-state index in [9.17, 15) is 9.90 Å². The van der Waals surface area contributed by atoms with E-state index in [0.29, 0.717) is 24.3 Å². The summed E-state index contributed by atoms with van der Waals surface area (Å²) in [5.74, 6) is 0.877. The lowest BCUT2D eigenvalue weighted by Gasteiger charge is -2.17. The van der Waals surface area contributed by atoms with Crippen molar-refractivity contribution in [3.8, 4) is 5.75 Å². The molecule has 0 atom stereocenters. The van der Waals surface area contributed by atoms with E-state index < -0.39 is 0 Å². The van der Waals surface area contributed by atoms with E-state index in [4.69, 9.17) is 4.42 Å². The Labute approximate surface area is 112 Å². The van der Waals surface area contributed by atoms with Gasteiger partial charge in [0, 0.05) is 20.0 Å². The number of nitrogens with zero attached hydrogens (tertiary/aromatic N) is 1. The molecule has 19 heavy (non-hydrogen) atoms. The molecular formula is C15H17NO3. The molecule has 100 valence electrons. The van der Waals surface area contributed by atoms with E-state index in [0.717, 1.165) is 5.56 Å². The number of furan rings is 1. The van der Waals surface area contributed by atoms with Crippen LogP contribution in [0, 0.1) is 0 Å². The second-order valence-corrected chi connectivity index (χ2v) is 4.44. The molecule has 0 fully saturated rings. The van der Waals surface area contributed by atoms with E-state index in [1.165, 1.54) is 0 Å². The molecule has 0 unspecified atom stereocenters. The van der Waals surface area contributed by atoms with Gasteiger partial charge in [0.05, 0.1) is 11.8 Å². The molecule has 1 heterocycles. The van der Waals surface area contributed by atoms with Gasteiger partial charge in [0.1, 0.15) is 11.5 Å². The molecule has 2 rings (SSSR count). The number of aryl methyl sites for hydroxylation is 1. The Bertz CT molecular complexity index is 557. The lowest BCUT2D eigenvalue weighted by Crippen LogP contribution is -2.26. The zero-order chi connectivity index (χ0) is 13.8. The van der Waals surface area contributed by atoms with Crippen molar-refractivity contribution < 1.29 is 14.3 Å². The summed E-state index contributed by atoms with van der Waals surface area (Å²) in [7, 11) is 1.75. The van der Waals surface area contributed by atoms with Crippen LogP contribution in [0.3, 0.4) is 0 Å². The summed E-state index contributed by atoms with van der Waals surface area (Å²) in [6.45, 7) is 2.45. The largest absolute Gasteiger partial charge is 0.508 e.